The molecule has 0 aliphatic carbocycles. The molecule has 10 heteroatoms. The topological polar surface area (TPSA) is 110 Å². The molecule has 1 unspecified atom stereocenters. The van der Waals surface area contributed by atoms with Crippen LogP contribution in [0.3, 0.4) is 0 Å². The lowest BCUT2D eigenvalue weighted by Gasteiger charge is -2.72. The van der Waals surface area contributed by atoms with E-state index in [0.717, 1.165) is 5.56 Å². The van der Waals surface area contributed by atoms with Gasteiger partial charge in [-0.2, -0.15) is 0 Å². The fourth-order valence-corrected chi connectivity index (χ4v) is 16.6. The summed E-state index contributed by atoms with van der Waals surface area (Å²) in [5.41, 5.74) is -4.61. The maximum atomic E-state index is 13.1. The zero-order chi connectivity index (χ0) is 27.7. The Balaban J connectivity index is 3.13. The van der Waals surface area contributed by atoms with Gasteiger partial charge in [-0.3, -0.25) is 0 Å². The Morgan fingerprint density at radius 3 is 1.54 bits per heavy atom. The fraction of sp³-hybridized carbons (Fsp3) is 0.760. The van der Waals surface area contributed by atoms with E-state index in [9.17, 15) is 25.5 Å². The molecule has 0 spiro atoms. The summed E-state index contributed by atoms with van der Waals surface area (Å²) in [5.74, 6) is 0. The first-order valence-corrected chi connectivity index (χ1v) is 26.7. The van der Waals surface area contributed by atoms with E-state index in [-0.39, 0.29) is 6.42 Å². The summed E-state index contributed by atoms with van der Waals surface area (Å²) in [4.78, 5) is 0. The van der Waals surface area contributed by atoms with Gasteiger partial charge in [-0.25, -0.2) is 0 Å². The average Bonchev–Trinajstić information content (AvgIpc) is 2.66. The van der Waals surface area contributed by atoms with Gasteiger partial charge in [0.25, 0.3) is 0 Å². The third kappa shape index (κ3) is 4.45. The zero-order valence-corrected chi connectivity index (χ0v) is 27.9. The van der Waals surface area contributed by atoms with Crippen LogP contribution in [0.15, 0.2) is 30.3 Å². The van der Waals surface area contributed by atoms with Crippen molar-refractivity contribution < 1.29 is 30.3 Å². The van der Waals surface area contributed by atoms with Crippen molar-refractivity contribution in [3.8, 4) is 0 Å². The van der Waals surface area contributed by atoms with Crippen molar-refractivity contribution in [2.24, 2.45) is 0 Å². The molecule has 0 aromatic heterocycles. The van der Waals surface area contributed by atoms with Crippen LogP contribution in [-0.4, -0.2) is 91.1 Å². The quantitative estimate of drug-likeness (QED) is 0.328. The van der Waals surface area contributed by atoms with Crippen LogP contribution < -0.4 is 0 Å². The van der Waals surface area contributed by atoms with Crippen molar-refractivity contribution in [2.75, 3.05) is 0 Å². The van der Waals surface area contributed by atoms with Crippen molar-refractivity contribution in [3.05, 3.63) is 35.9 Å². The minimum Gasteiger partial charge on any atom is -0.394 e. The Morgan fingerprint density at radius 2 is 1.20 bits per heavy atom. The van der Waals surface area contributed by atoms with Crippen molar-refractivity contribution in [1.82, 2.24) is 0 Å². The first kappa shape index (κ1) is 31.1. The smallest absolute Gasteiger partial charge is 0.176 e. The summed E-state index contributed by atoms with van der Waals surface area (Å²) in [7, 11) is -11.0. The molecule has 35 heavy (non-hydrogen) atoms. The molecule has 1 aliphatic rings. The van der Waals surface area contributed by atoms with E-state index in [1.807, 2.05) is 109 Å². The van der Waals surface area contributed by atoms with Gasteiger partial charge in [0, 0.05) is 6.42 Å². The Labute approximate surface area is 216 Å². The molecule has 0 saturated carbocycles. The Morgan fingerprint density at radius 1 is 0.743 bits per heavy atom. The normalized spacial score (nSPS) is 36.2. The number of rotatable bonds is 7. The largest absolute Gasteiger partial charge is 0.394 e. The SMILES string of the molecule is C[Si](C)(C)C(O)[C@H]1O[C@@](O)([Si](C)(C)C)[C@@](O)([Si](C)(C)C)[C@](O)(Cc2ccccc2)[C@@]1(O)[Si](C)(C)C. The molecule has 5 N–H and O–H groups in total. The molecule has 0 radical (unpaired) electrons. The molecular weight excluding hydrogens is 509 g/mol. The van der Waals surface area contributed by atoms with Crippen LogP contribution in [0.25, 0.3) is 0 Å². The Hall–Kier alpha value is -0.152. The van der Waals surface area contributed by atoms with Crippen molar-refractivity contribution >= 4 is 32.3 Å². The predicted octanol–water partition coefficient (Wildman–Crippen LogP) is 3.38. The summed E-state index contributed by atoms with van der Waals surface area (Å²) < 4.78 is 6.56. The van der Waals surface area contributed by atoms with Gasteiger partial charge in [0.1, 0.15) is 30.2 Å². The molecule has 2 rings (SSSR count). The van der Waals surface area contributed by atoms with Gasteiger partial charge >= 0.3 is 0 Å². The Bertz CT molecular complexity index is 904. The highest BCUT2D eigenvalue weighted by atomic mass is 28.3. The van der Waals surface area contributed by atoms with Gasteiger partial charge in [-0.1, -0.05) is 109 Å². The molecule has 202 valence electrons. The highest BCUT2D eigenvalue weighted by molar-refractivity contribution is 6.86. The Kier molecular flexibility index (Phi) is 7.95. The van der Waals surface area contributed by atoms with Crippen LogP contribution in [0.5, 0.6) is 0 Å². The van der Waals surface area contributed by atoms with Crippen molar-refractivity contribution in [2.45, 2.75) is 118 Å². The van der Waals surface area contributed by atoms with Gasteiger partial charge in [0.2, 0.25) is 0 Å². The van der Waals surface area contributed by atoms with Crippen LogP contribution in [-0.2, 0) is 11.2 Å². The van der Waals surface area contributed by atoms with Gasteiger partial charge in [-0.15, -0.1) is 0 Å². The molecule has 1 heterocycles. The first-order valence-electron chi connectivity index (χ1n) is 12.6. The summed E-state index contributed by atoms with van der Waals surface area (Å²) in [6, 6.07) is 9.32. The van der Waals surface area contributed by atoms with Crippen LogP contribution in [0, 0.1) is 0 Å². The number of benzene rings is 1. The molecule has 0 bridgehead atoms. The molecule has 0 amide bonds. The zero-order valence-electron chi connectivity index (χ0n) is 23.9. The molecule has 6 nitrogen and oxygen atoms in total. The minimum absolute atomic E-state index is 0.0690. The number of aliphatic hydroxyl groups is 5. The molecular formula is C25H50O6Si4. The molecule has 1 fully saturated rings. The van der Waals surface area contributed by atoms with Crippen molar-refractivity contribution in [3.63, 3.8) is 0 Å². The molecule has 6 atom stereocenters. The van der Waals surface area contributed by atoms with Gasteiger partial charge in [-0.05, 0) is 5.56 Å². The second-order valence-electron chi connectivity index (χ2n) is 14.7. The average molecular weight is 559 g/mol. The maximum absolute atomic E-state index is 13.1. The maximum Gasteiger partial charge on any atom is 0.176 e. The van der Waals surface area contributed by atoms with Crippen LogP contribution >= 0.6 is 0 Å². The third-order valence-corrected chi connectivity index (χ3v) is 18.9. The molecule has 1 aliphatic heterocycles. The van der Waals surface area contributed by atoms with E-state index in [1.54, 1.807) is 0 Å². The summed E-state index contributed by atoms with van der Waals surface area (Å²) in [5, 5.41) is 59.0. The van der Waals surface area contributed by atoms with E-state index in [0.29, 0.717) is 0 Å². The van der Waals surface area contributed by atoms with Crippen LogP contribution in [0.4, 0.5) is 0 Å². The predicted molar refractivity (Wildman–Crippen MR) is 154 cm³/mol. The van der Waals surface area contributed by atoms with Gasteiger partial charge in [0.05, 0.1) is 29.9 Å². The van der Waals surface area contributed by atoms with E-state index in [1.165, 1.54) is 0 Å². The first-order chi connectivity index (χ1) is 15.3. The molecule has 1 saturated heterocycles. The van der Waals surface area contributed by atoms with E-state index in [4.69, 9.17) is 4.74 Å². The third-order valence-electron chi connectivity index (χ3n) is 8.15. The lowest BCUT2D eigenvalue weighted by Crippen LogP contribution is -2.97. The number of ether oxygens (including phenoxy) is 1. The minimum atomic E-state index is -2.94. The standard InChI is InChI=1S/C25H50O6Si4/c1-32(2,3)21(26)20-23(28,33(4,5)6)22(27,18-19-16-14-13-15-17-19)24(29,34(7,8)9)25(30,31-20)35(10,11)12/h13-17,20-21,26-30H,18H2,1-12H3/t20-,21?,22+,23+,24+,25-/m1/s1. The summed E-state index contributed by atoms with van der Waals surface area (Å²) in [6.45, 7) is 23.1. The van der Waals surface area contributed by atoms with Crippen LogP contribution in [0.2, 0.25) is 78.6 Å². The summed E-state index contributed by atoms with van der Waals surface area (Å²) >= 11 is 0. The number of aliphatic hydroxyl groups excluding tert-OH is 1. The van der Waals surface area contributed by atoms with E-state index in [2.05, 4.69) is 0 Å². The van der Waals surface area contributed by atoms with Crippen LogP contribution in [0.1, 0.15) is 5.56 Å². The second kappa shape index (κ2) is 8.96. The monoisotopic (exact) mass is 558 g/mol. The number of hydrogen-bond acceptors (Lipinski definition) is 6. The van der Waals surface area contributed by atoms with Gasteiger partial charge in [0.15, 0.2) is 5.41 Å². The number of hydrogen-bond donors (Lipinski definition) is 5. The van der Waals surface area contributed by atoms with Gasteiger partial charge < -0.3 is 30.3 Å². The lowest BCUT2D eigenvalue weighted by molar-refractivity contribution is -0.382. The van der Waals surface area contributed by atoms with E-state index >= 15 is 0 Å². The molecule has 1 aromatic carbocycles. The summed E-state index contributed by atoms with van der Waals surface area (Å²) in [6.07, 6.45) is -1.32. The van der Waals surface area contributed by atoms with Crippen molar-refractivity contribution in [1.29, 1.82) is 0 Å². The second-order valence-corrected chi connectivity index (χ2v) is 35.7. The lowest BCUT2D eigenvalue weighted by atomic mass is 9.77. The highest BCUT2D eigenvalue weighted by Gasteiger charge is 2.84. The highest BCUT2D eigenvalue weighted by Crippen LogP contribution is 2.59. The fourth-order valence-electron chi connectivity index (χ4n) is 5.94. The molecule has 1 aromatic rings. The van der Waals surface area contributed by atoms with E-state index < -0.39 is 65.6 Å².